The number of rotatable bonds is 4. The molecule has 84 valence electrons. The van der Waals surface area contributed by atoms with Crippen LogP contribution in [0.15, 0.2) is 0 Å². The molecule has 0 heterocycles. The van der Waals surface area contributed by atoms with Gasteiger partial charge in [0.2, 0.25) is 0 Å². The average Bonchev–Trinajstić information content (AvgIpc) is 2.79. The summed E-state index contributed by atoms with van der Waals surface area (Å²) in [7, 11) is -1.40. The van der Waals surface area contributed by atoms with E-state index in [1.54, 1.807) is 20.8 Å². The van der Waals surface area contributed by atoms with Crippen LogP contribution < -0.4 is 4.72 Å². The first kappa shape index (κ1) is 12.0. The summed E-state index contributed by atoms with van der Waals surface area (Å²) < 4.78 is 38.7. The molecule has 1 fully saturated rings. The maximum Gasteiger partial charge on any atom is 0.254 e. The van der Waals surface area contributed by atoms with Crippen LogP contribution in [0, 0.1) is 5.92 Å². The van der Waals surface area contributed by atoms with E-state index in [0.717, 1.165) is 12.8 Å². The summed E-state index contributed by atoms with van der Waals surface area (Å²) >= 11 is 0. The van der Waals surface area contributed by atoms with Crippen molar-refractivity contribution in [3.05, 3.63) is 0 Å². The van der Waals surface area contributed by atoms with Gasteiger partial charge < -0.3 is 0 Å². The second kappa shape index (κ2) is 4.23. The van der Waals surface area contributed by atoms with E-state index in [9.17, 15) is 13.0 Å². The lowest BCUT2D eigenvalue weighted by Crippen LogP contribution is -2.44. The third kappa shape index (κ3) is 3.28. The Morgan fingerprint density at radius 1 is 1.36 bits per heavy atom. The highest BCUT2D eigenvalue weighted by Crippen LogP contribution is 2.35. The van der Waals surface area contributed by atoms with Crippen LogP contribution in [0.2, 0.25) is 0 Å². The fourth-order valence-corrected chi connectivity index (χ4v) is 2.01. The maximum atomic E-state index is 12.5. The second-order valence-corrected chi connectivity index (χ2v) is 6.69. The zero-order chi connectivity index (χ0) is 10.9. The summed E-state index contributed by atoms with van der Waals surface area (Å²) in [5.74, 6) is 0.0151. The molecule has 0 radical (unpaired) electrons. The number of halogens is 2. The number of hydrogen-bond acceptors (Lipinski definition) is 1. The van der Waals surface area contributed by atoms with Gasteiger partial charge in [0.25, 0.3) is 6.43 Å². The Hall–Kier alpha value is -0.0300. The van der Waals surface area contributed by atoms with Gasteiger partial charge in [0, 0.05) is 0 Å². The number of alkyl halides is 2. The van der Waals surface area contributed by atoms with Gasteiger partial charge in [-0.3, -0.25) is 0 Å². The minimum Gasteiger partial charge on any atom is -0.242 e. The lowest BCUT2D eigenvalue weighted by molar-refractivity contribution is 0.0995. The van der Waals surface area contributed by atoms with Gasteiger partial charge in [0.05, 0.1) is 21.8 Å². The SMILES string of the molecule is CC(C)(C)S(=O)N[C@H](C(F)F)C1CC1. The highest BCUT2D eigenvalue weighted by molar-refractivity contribution is 7.84. The summed E-state index contributed by atoms with van der Waals surface area (Å²) in [6.45, 7) is 5.31. The fraction of sp³-hybridized carbons (Fsp3) is 1.00. The van der Waals surface area contributed by atoms with E-state index in [4.69, 9.17) is 0 Å². The van der Waals surface area contributed by atoms with Crippen molar-refractivity contribution in [1.29, 1.82) is 0 Å². The van der Waals surface area contributed by atoms with E-state index in [0.29, 0.717) is 0 Å². The minimum atomic E-state index is -2.42. The normalized spacial score (nSPS) is 22.4. The van der Waals surface area contributed by atoms with Crippen molar-refractivity contribution in [3.8, 4) is 0 Å². The van der Waals surface area contributed by atoms with E-state index in [1.807, 2.05) is 0 Å². The molecule has 0 aromatic carbocycles. The molecule has 1 N–H and O–H groups in total. The predicted molar refractivity (Wildman–Crippen MR) is 53.5 cm³/mol. The van der Waals surface area contributed by atoms with Crippen LogP contribution in [0.5, 0.6) is 0 Å². The monoisotopic (exact) mass is 225 g/mol. The Bertz CT molecular complexity index is 221. The molecule has 5 heteroatoms. The Morgan fingerprint density at radius 2 is 1.86 bits per heavy atom. The van der Waals surface area contributed by atoms with Gasteiger partial charge in [-0.15, -0.1) is 0 Å². The zero-order valence-electron chi connectivity index (χ0n) is 8.72. The van der Waals surface area contributed by atoms with Crippen LogP contribution in [-0.4, -0.2) is 21.4 Å². The van der Waals surface area contributed by atoms with Crippen molar-refractivity contribution in [2.75, 3.05) is 0 Å². The van der Waals surface area contributed by atoms with E-state index in [1.165, 1.54) is 0 Å². The summed E-state index contributed by atoms with van der Waals surface area (Å²) in [5.41, 5.74) is 0. The third-order valence-corrected chi connectivity index (χ3v) is 3.80. The molecule has 2 nitrogen and oxygen atoms in total. The Morgan fingerprint density at radius 3 is 2.14 bits per heavy atom. The van der Waals surface area contributed by atoms with Gasteiger partial charge in [-0.1, -0.05) is 0 Å². The average molecular weight is 225 g/mol. The molecule has 1 aliphatic carbocycles. The molecular formula is C9H17F2NOS. The topological polar surface area (TPSA) is 29.1 Å². The van der Waals surface area contributed by atoms with Crippen molar-refractivity contribution in [2.45, 2.75) is 50.8 Å². The van der Waals surface area contributed by atoms with E-state index < -0.39 is 28.2 Å². The van der Waals surface area contributed by atoms with Crippen molar-refractivity contribution in [3.63, 3.8) is 0 Å². The molecule has 0 saturated heterocycles. The lowest BCUT2D eigenvalue weighted by atomic mass is 10.2. The largest absolute Gasteiger partial charge is 0.254 e. The van der Waals surface area contributed by atoms with Crippen LogP contribution in [0.3, 0.4) is 0 Å². The highest BCUT2D eigenvalue weighted by atomic mass is 32.2. The first-order valence-corrected chi connectivity index (χ1v) is 5.93. The van der Waals surface area contributed by atoms with Gasteiger partial charge in [0.15, 0.2) is 0 Å². The molecule has 0 aromatic heterocycles. The van der Waals surface area contributed by atoms with Gasteiger partial charge in [-0.05, 0) is 39.5 Å². The standard InChI is InChI=1S/C9H17F2NOS/c1-9(2,3)14(13)12-7(8(10)11)6-4-5-6/h6-8,12H,4-5H2,1-3H3/t7-,14?/m0/s1. The maximum absolute atomic E-state index is 12.5. The molecule has 14 heavy (non-hydrogen) atoms. The number of nitrogens with one attached hydrogen (secondary N) is 1. The van der Waals surface area contributed by atoms with Crippen LogP contribution in [0.4, 0.5) is 8.78 Å². The van der Waals surface area contributed by atoms with Crippen LogP contribution >= 0.6 is 0 Å². The molecule has 1 aliphatic rings. The molecule has 0 spiro atoms. The smallest absolute Gasteiger partial charge is 0.242 e. The molecule has 1 saturated carbocycles. The van der Waals surface area contributed by atoms with Crippen LogP contribution in [-0.2, 0) is 11.0 Å². The third-order valence-electron chi connectivity index (χ3n) is 2.20. The molecule has 2 atom stereocenters. The van der Waals surface area contributed by atoms with Crippen molar-refractivity contribution >= 4 is 11.0 Å². The van der Waals surface area contributed by atoms with E-state index in [-0.39, 0.29) is 5.92 Å². The molecule has 0 aromatic rings. The summed E-state index contributed by atoms with van der Waals surface area (Å²) in [6.07, 6.45) is -0.777. The minimum absolute atomic E-state index is 0.0151. The van der Waals surface area contributed by atoms with Crippen LogP contribution in [0.25, 0.3) is 0 Å². The number of hydrogen-bond donors (Lipinski definition) is 1. The molecule has 0 aliphatic heterocycles. The highest BCUT2D eigenvalue weighted by Gasteiger charge is 2.39. The van der Waals surface area contributed by atoms with Crippen LogP contribution in [0.1, 0.15) is 33.6 Å². The Balaban J connectivity index is 2.51. The summed E-state index contributed by atoms with van der Waals surface area (Å²) in [5, 5.41) is 0. The van der Waals surface area contributed by atoms with E-state index in [2.05, 4.69) is 4.72 Å². The first-order valence-electron chi connectivity index (χ1n) is 4.78. The first-order chi connectivity index (χ1) is 6.32. The van der Waals surface area contributed by atoms with Gasteiger partial charge >= 0.3 is 0 Å². The van der Waals surface area contributed by atoms with Gasteiger partial charge in [-0.2, -0.15) is 0 Å². The van der Waals surface area contributed by atoms with Crippen molar-refractivity contribution < 1.29 is 13.0 Å². The summed E-state index contributed by atoms with van der Waals surface area (Å²) in [4.78, 5) is 0. The quantitative estimate of drug-likeness (QED) is 0.779. The predicted octanol–water partition coefficient (Wildman–Crippen LogP) is 2.08. The van der Waals surface area contributed by atoms with Gasteiger partial charge in [-0.25, -0.2) is 17.7 Å². The molecule has 1 rings (SSSR count). The molecule has 1 unspecified atom stereocenters. The molecular weight excluding hydrogens is 208 g/mol. The fourth-order valence-electron chi connectivity index (χ4n) is 1.11. The second-order valence-electron chi connectivity index (χ2n) is 4.70. The molecule has 0 amide bonds. The Kier molecular flexibility index (Phi) is 3.63. The summed E-state index contributed by atoms with van der Waals surface area (Å²) in [6, 6.07) is -0.893. The van der Waals surface area contributed by atoms with Crippen molar-refractivity contribution in [2.24, 2.45) is 5.92 Å². The van der Waals surface area contributed by atoms with E-state index >= 15 is 0 Å². The zero-order valence-corrected chi connectivity index (χ0v) is 9.54. The molecule has 0 bridgehead atoms. The lowest BCUT2D eigenvalue weighted by Gasteiger charge is -2.23. The van der Waals surface area contributed by atoms with Gasteiger partial charge in [0.1, 0.15) is 0 Å². The van der Waals surface area contributed by atoms with Crippen molar-refractivity contribution in [1.82, 2.24) is 4.72 Å². The Labute approximate surface area is 86.0 Å².